The maximum atomic E-state index is 11.7. The number of nitrogens with two attached hydrogens (primary N) is 1. The number of thiophene rings is 1. The highest BCUT2D eigenvalue weighted by molar-refractivity contribution is 7.18. The fraction of sp³-hybridized carbons (Fsp3) is 0.417. The van der Waals surface area contributed by atoms with Crippen molar-refractivity contribution in [2.45, 2.75) is 19.4 Å². The Hall–Kier alpha value is -1.49. The number of nitrogen functional groups attached to an aromatic ring is 1. The van der Waals surface area contributed by atoms with Crippen molar-refractivity contribution >= 4 is 27.9 Å². The monoisotopic (exact) mass is 251 g/mol. The molecule has 2 rings (SSSR count). The number of rotatable bonds is 5. The van der Waals surface area contributed by atoms with Crippen molar-refractivity contribution in [3.63, 3.8) is 0 Å². The van der Waals surface area contributed by atoms with E-state index in [-0.39, 0.29) is 5.91 Å². The van der Waals surface area contributed by atoms with Crippen LogP contribution in [0.1, 0.15) is 23.0 Å². The van der Waals surface area contributed by atoms with Crippen molar-refractivity contribution < 1.29 is 4.79 Å². The van der Waals surface area contributed by atoms with Crippen molar-refractivity contribution in [2.75, 3.05) is 17.6 Å². The summed E-state index contributed by atoms with van der Waals surface area (Å²) in [5.74, 6) is 0.584. The molecule has 1 aromatic rings. The Morgan fingerprint density at radius 3 is 3.06 bits per heavy atom. The van der Waals surface area contributed by atoms with Crippen molar-refractivity contribution in [2.24, 2.45) is 5.92 Å². The van der Waals surface area contributed by atoms with Crippen LogP contribution in [0, 0.1) is 5.92 Å². The smallest absolute Gasteiger partial charge is 0.263 e. The largest absolute Gasteiger partial charge is 0.397 e. The number of carbonyl (C=O) groups is 1. The molecule has 92 valence electrons. The SMILES string of the molecule is C=CCNC(=O)c1sc(NC2CC2C)cc1N. The minimum Gasteiger partial charge on any atom is -0.397 e. The summed E-state index contributed by atoms with van der Waals surface area (Å²) < 4.78 is 0. The van der Waals surface area contributed by atoms with Crippen LogP contribution in [0.4, 0.5) is 10.7 Å². The molecule has 17 heavy (non-hydrogen) atoms. The molecular formula is C12H17N3OS. The van der Waals surface area contributed by atoms with Crippen LogP contribution in [0.25, 0.3) is 0 Å². The second-order valence-electron chi connectivity index (χ2n) is 4.36. The average molecular weight is 251 g/mol. The lowest BCUT2D eigenvalue weighted by Gasteiger charge is -2.00. The molecule has 2 unspecified atom stereocenters. The number of hydrogen-bond donors (Lipinski definition) is 3. The normalized spacial score (nSPS) is 21.9. The van der Waals surface area contributed by atoms with E-state index in [9.17, 15) is 4.79 Å². The van der Waals surface area contributed by atoms with Crippen LogP contribution >= 0.6 is 11.3 Å². The standard InChI is InChI=1S/C12H17N3OS/c1-3-4-14-12(16)11-8(13)6-10(17-11)15-9-5-7(9)2/h3,6-7,9,15H,1,4-5,13H2,2H3,(H,14,16). The van der Waals surface area contributed by atoms with Crippen molar-refractivity contribution in [3.05, 3.63) is 23.6 Å². The fourth-order valence-corrected chi connectivity index (χ4v) is 2.56. The molecule has 0 aliphatic heterocycles. The molecule has 0 saturated heterocycles. The van der Waals surface area contributed by atoms with Crippen LogP contribution in [0.2, 0.25) is 0 Å². The van der Waals surface area contributed by atoms with Crippen molar-refractivity contribution in [1.29, 1.82) is 0 Å². The maximum absolute atomic E-state index is 11.7. The predicted molar refractivity (Wildman–Crippen MR) is 72.5 cm³/mol. The first-order chi connectivity index (χ1) is 8.11. The summed E-state index contributed by atoms with van der Waals surface area (Å²) in [6.45, 7) is 6.21. The van der Waals surface area contributed by atoms with Gasteiger partial charge in [-0.1, -0.05) is 13.0 Å². The van der Waals surface area contributed by atoms with Gasteiger partial charge in [-0.3, -0.25) is 4.79 Å². The van der Waals surface area contributed by atoms with Gasteiger partial charge in [0, 0.05) is 12.6 Å². The summed E-state index contributed by atoms with van der Waals surface area (Å²) in [4.78, 5) is 12.3. The summed E-state index contributed by atoms with van der Waals surface area (Å²) in [6.07, 6.45) is 2.84. The van der Waals surface area contributed by atoms with Gasteiger partial charge in [-0.15, -0.1) is 17.9 Å². The highest BCUT2D eigenvalue weighted by atomic mass is 32.1. The Balaban J connectivity index is 2.02. The molecule has 1 aromatic heterocycles. The van der Waals surface area contributed by atoms with E-state index >= 15 is 0 Å². The Labute approximate surface area is 105 Å². The van der Waals surface area contributed by atoms with E-state index in [1.807, 2.05) is 6.07 Å². The van der Waals surface area contributed by atoms with E-state index in [1.54, 1.807) is 6.08 Å². The van der Waals surface area contributed by atoms with E-state index in [0.29, 0.717) is 23.2 Å². The van der Waals surface area contributed by atoms with Crippen LogP contribution in [0.3, 0.4) is 0 Å². The van der Waals surface area contributed by atoms with Gasteiger partial charge in [0.25, 0.3) is 5.91 Å². The first-order valence-electron chi connectivity index (χ1n) is 5.66. The highest BCUT2D eigenvalue weighted by Gasteiger charge is 2.32. The molecule has 2 atom stereocenters. The van der Waals surface area contributed by atoms with E-state index in [1.165, 1.54) is 17.8 Å². The van der Waals surface area contributed by atoms with Gasteiger partial charge in [0.15, 0.2) is 0 Å². The van der Waals surface area contributed by atoms with Gasteiger partial charge in [0.05, 0.1) is 10.7 Å². The van der Waals surface area contributed by atoms with Gasteiger partial charge in [0.1, 0.15) is 4.88 Å². The zero-order chi connectivity index (χ0) is 12.4. The third-order valence-corrected chi connectivity index (χ3v) is 3.89. The highest BCUT2D eigenvalue weighted by Crippen LogP contribution is 2.36. The topological polar surface area (TPSA) is 67.2 Å². The molecule has 0 aromatic carbocycles. The minimum atomic E-state index is -0.135. The lowest BCUT2D eigenvalue weighted by molar-refractivity contribution is 0.0963. The van der Waals surface area contributed by atoms with Gasteiger partial charge >= 0.3 is 0 Å². The van der Waals surface area contributed by atoms with Crippen LogP contribution in [-0.2, 0) is 0 Å². The van der Waals surface area contributed by atoms with Gasteiger partial charge in [-0.05, 0) is 18.4 Å². The molecule has 0 bridgehead atoms. The molecule has 1 amide bonds. The first kappa shape index (κ1) is 12.0. The van der Waals surface area contributed by atoms with Crippen LogP contribution in [0.5, 0.6) is 0 Å². The molecule has 1 fully saturated rings. The molecule has 0 spiro atoms. The zero-order valence-electron chi connectivity index (χ0n) is 9.82. The Morgan fingerprint density at radius 1 is 1.76 bits per heavy atom. The molecular weight excluding hydrogens is 234 g/mol. The number of amides is 1. The molecule has 4 N–H and O–H groups in total. The van der Waals surface area contributed by atoms with Gasteiger partial charge in [0.2, 0.25) is 0 Å². The van der Waals surface area contributed by atoms with Gasteiger partial charge in [-0.2, -0.15) is 0 Å². The Kier molecular flexibility index (Phi) is 3.38. The third kappa shape index (κ3) is 2.79. The third-order valence-electron chi connectivity index (χ3n) is 2.81. The molecule has 4 nitrogen and oxygen atoms in total. The second-order valence-corrected chi connectivity index (χ2v) is 5.41. The number of carbonyl (C=O) groups excluding carboxylic acids is 1. The fourth-order valence-electron chi connectivity index (χ4n) is 1.60. The quantitative estimate of drug-likeness (QED) is 0.702. The molecule has 1 aliphatic carbocycles. The number of anilines is 2. The lowest BCUT2D eigenvalue weighted by Crippen LogP contribution is -2.22. The minimum absolute atomic E-state index is 0.135. The number of hydrogen-bond acceptors (Lipinski definition) is 4. The summed E-state index contributed by atoms with van der Waals surface area (Å²) in [7, 11) is 0. The van der Waals surface area contributed by atoms with Gasteiger partial charge < -0.3 is 16.4 Å². The average Bonchev–Trinajstić information content (AvgIpc) is 2.83. The lowest BCUT2D eigenvalue weighted by atomic mass is 10.3. The molecule has 1 aliphatic rings. The van der Waals surface area contributed by atoms with E-state index in [4.69, 9.17) is 5.73 Å². The summed E-state index contributed by atoms with van der Waals surface area (Å²) >= 11 is 1.41. The van der Waals surface area contributed by atoms with Crippen molar-refractivity contribution in [3.8, 4) is 0 Å². The zero-order valence-corrected chi connectivity index (χ0v) is 10.6. The number of nitrogens with one attached hydrogen (secondary N) is 2. The van der Waals surface area contributed by atoms with Crippen molar-refractivity contribution in [1.82, 2.24) is 5.32 Å². The summed E-state index contributed by atoms with van der Waals surface area (Å²) in [6, 6.07) is 2.37. The molecule has 0 radical (unpaired) electrons. The van der Waals surface area contributed by atoms with E-state index < -0.39 is 0 Å². The second kappa shape index (κ2) is 4.79. The van der Waals surface area contributed by atoms with Crippen LogP contribution in [-0.4, -0.2) is 18.5 Å². The maximum Gasteiger partial charge on any atom is 0.263 e. The Morgan fingerprint density at radius 2 is 2.47 bits per heavy atom. The Bertz CT molecular complexity index is 441. The first-order valence-corrected chi connectivity index (χ1v) is 6.48. The van der Waals surface area contributed by atoms with Crippen LogP contribution in [0.15, 0.2) is 18.7 Å². The summed E-state index contributed by atoms with van der Waals surface area (Å²) in [5, 5.41) is 7.08. The predicted octanol–water partition coefficient (Wildman–Crippen LogP) is 2.07. The van der Waals surface area contributed by atoms with E-state index in [0.717, 1.165) is 10.9 Å². The van der Waals surface area contributed by atoms with Crippen LogP contribution < -0.4 is 16.4 Å². The molecule has 1 saturated carbocycles. The molecule has 5 heteroatoms. The summed E-state index contributed by atoms with van der Waals surface area (Å²) in [5.41, 5.74) is 6.36. The van der Waals surface area contributed by atoms with E-state index in [2.05, 4.69) is 24.1 Å². The molecule has 1 heterocycles. The van der Waals surface area contributed by atoms with Gasteiger partial charge in [-0.25, -0.2) is 0 Å².